The van der Waals surface area contributed by atoms with Crippen LogP contribution in [0.25, 0.3) is 0 Å². The summed E-state index contributed by atoms with van der Waals surface area (Å²) >= 11 is 3.42. The first-order valence-corrected chi connectivity index (χ1v) is 5.93. The summed E-state index contributed by atoms with van der Waals surface area (Å²) in [6, 6.07) is 3.68. The molecule has 2 N–H and O–H groups in total. The zero-order valence-electron chi connectivity index (χ0n) is 9.00. The quantitative estimate of drug-likeness (QED) is 0.884. The maximum absolute atomic E-state index is 9.87. The molecule has 0 aliphatic carbocycles. The number of nitrogens with one attached hydrogen (secondary N) is 1. The molecule has 0 fully saturated rings. The van der Waals surface area contributed by atoms with Crippen molar-refractivity contribution in [2.75, 3.05) is 26.8 Å². The van der Waals surface area contributed by atoms with Crippen LogP contribution in [0, 0.1) is 0 Å². The van der Waals surface area contributed by atoms with Gasteiger partial charge in [0.25, 0.3) is 0 Å². The van der Waals surface area contributed by atoms with Gasteiger partial charge in [-0.05, 0) is 40.7 Å². The normalized spacial score (nSPS) is 15.9. The second-order valence-electron chi connectivity index (χ2n) is 3.60. The summed E-state index contributed by atoms with van der Waals surface area (Å²) in [5.41, 5.74) is 0.811. The fourth-order valence-corrected chi connectivity index (χ4v) is 2.21. The van der Waals surface area contributed by atoms with Gasteiger partial charge in [-0.15, -0.1) is 0 Å². The molecule has 1 aromatic rings. The maximum atomic E-state index is 9.87. The molecule has 2 rings (SSSR count). The van der Waals surface area contributed by atoms with Crippen molar-refractivity contribution in [2.24, 2.45) is 0 Å². The minimum absolute atomic E-state index is 0.506. The van der Waals surface area contributed by atoms with E-state index in [4.69, 9.17) is 9.47 Å². The molecule has 0 aromatic heterocycles. The van der Waals surface area contributed by atoms with Crippen LogP contribution in [0.3, 0.4) is 0 Å². The summed E-state index contributed by atoms with van der Waals surface area (Å²) in [7, 11) is 1.80. The molecule has 0 spiro atoms. The van der Waals surface area contributed by atoms with E-state index in [0.29, 0.717) is 31.3 Å². The molecule has 16 heavy (non-hydrogen) atoms. The molecule has 0 bridgehead atoms. The van der Waals surface area contributed by atoms with Crippen LogP contribution >= 0.6 is 15.9 Å². The van der Waals surface area contributed by atoms with Crippen LogP contribution in [0.1, 0.15) is 11.7 Å². The Kier molecular flexibility index (Phi) is 3.68. The van der Waals surface area contributed by atoms with E-state index < -0.39 is 6.10 Å². The third-order valence-corrected chi connectivity index (χ3v) is 2.99. The number of halogens is 1. The second kappa shape index (κ2) is 5.03. The molecule has 88 valence electrons. The zero-order chi connectivity index (χ0) is 11.5. The summed E-state index contributed by atoms with van der Waals surface area (Å²) in [6.45, 7) is 1.61. The fourth-order valence-electron chi connectivity index (χ4n) is 1.63. The highest BCUT2D eigenvalue weighted by atomic mass is 79.9. The van der Waals surface area contributed by atoms with Crippen molar-refractivity contribution in [2.45, 2.75) is 6.10 Å². The third-order valence-electron chi connectivity index (χ3n) is 2.40. The first kappa shape index (κ1) is 11.7. The smallest absolute Gasteiger partial charge is 0.175 e. The van der Waals surface area contributed by atoms with Crippen LogP contribution in [0.2, 0.25) is 0 Å². The molecule has 5 heteroatoms. The average molecular weight is 288 g/mol. The first-order chi connectivity index (χ1) is 7.72. The van der Waals surface area contributed by atoms with E-state index in [2.05, 4.69) is 21.2 Å². The lowest BCUT2D eigenvalue weighted by atomic mass is 10.1. The van der Waals surface area contributed by atoms with Gasteiger partial charge in [0.1, 0.15) is 13.2 Å². The minimum Gasteiger partial charge on any atom is -0.486 e. The Labute approximate surface area is 103 Å². The van der Waals surface area contributed by atoms with Crippen molar-refractivity contribution in [3.8, 4) is 11.5 Å². The number of ether oxygens (including phenoxy) is 2. The molecule has 0 radical (unpaired) electrons. The summed E-state index contributed by atoms with van der Waals surface area (Å²) < 4.78 is 11.8. The van der Waals surface area contributed by atoms with Gasteiger partial charge in [0.2, 0.25) is 0 Å². The number of rotatable bonds is 3. The second-order valence-corrected chi connectivity index (χ2v) is 4.45. The Morgan fingerprint density at radius 2 is 2.19 bits per heavy atom. The molecule has 0 saturated carbocycles. The van der Waals surface area contributed by atoms with Crippen molar-refractivity contribution >= 4 is 15.9 Å². The van der Waals surface area contributed by atoms with Crippen molar-refractivity contribution in [3.05, 3.63) is 22.2 Å². The van der Waals surface area contributed by atoms with Crippen LogP contribution in [-0.4, -0.2) is 31.9 Å². The predicted molar refractivity (Wildman–Crippen MR) is 64.0 cm³/mol. The Balaban J connectivity index is 2.31. The highest BCUT2D eigenvalue weighted by molar-refractivity contribution is 9.10. The zero-order valence-corrected chi connectivity index (χ0v) is 10.6. The molecule has 1 atom stereocenters. The van der Waals surface area contributed by atoms with E-state index in [9.17, 15) is 5.11 Å². The van der Waals surface area contributed by atoms with Crippen molar-refractivity contribution in [1.29, 1.82) is 0 Å². The maximum Gasteiger partial charge on any atom is 0.175 e. The lowest BCUT2D eigenvalue weighted by Gasteiger charge is -2.21. The number of benzene rings is 1. The highest BCUT2D eigenvalue weighted by Crippen LogP contribution is 2.39. The lowest BCUT2D eigenvalue weighted by molar-refractivity contribution is 0.163. The van der Waals surface area contributed by atoms with E-state index in [1.807, 2.05) is 12.1 Å². The van der Waals surface area contributed by atoms with Gasteiger partial charge < -0.3 is 19.9 Å². The molecule has 1 unspecified atom stereocenters. The predicted octanol–water partition coefficient (Wildman–Crippen LogP) is 1.47. The van der Waals surface area contributed by atoms with Crippen LogP contribution in [-0.2, 0) is 0 Å². The van der Waals surface area contributed by atoms with Gasteiger partial charge in [0.05, 0.1) is 10.6 Å². The first-order valence-electron chi connectivity index (χ1n) is 5.14. The number of hydrogen-bond donors (Lipinski definition) is 2. The molecule has 1 aromatic carbocycles. The average Bonchev–Trinajstić information content (AvgIpc) is 2.29. The van der Waals surface area contributed by atoms with Gasteiger partial charge in [-0.2, -0.15) is 0 Å². The third kappa shape index (κ3) is 2.31. The Bertz CT molecular complexity index is 384. The molecule has 4 nitrogen and oxygen atoms in total. The molecule has 0 amide bonds. The SMILES string of the molecule is CNCC(O)c1cc(Br)c2c(c1)OCCO2. The van der Waals surface area contributed by atoms with Gasteiger partial charge in [-0.1, -0.05) is 0 Å². The van der Waals surface area contributed by atoms with E-state index >= 15 is 0 Å². The van der Waals surface area contributed by atoms with E-state index in [-0.39, 0.29) is 0 Å². The van der Waals surface area contributed by atoms with Crippen LogP contribution < -0.4 is 14.8 Å². The largest absolute Gasteiger partial charge is 0.486 e. The summed E-state index contributed by atoms with van der Waals surface area (Å²) in [4.78, 5) is 0. The number of fused-ring (bicyclic) bond motifs is 1. The minimum atomic E-state index is -0.544. The van der Waals surface area contributed by atoms with Gasteiger partial charge >= 0.3 is 0 Å². The van der Waals surface area contributed by atoms with Gasteiger partial charge in [0, 0.05) is 6.54 Å². The molecular formula is C11H14BrNO3. The van der Waals surface area contributed by atoms with Crippen LogP contribution in [0.15, 0.2) is 16.6 Å². The van der Waals surface area contributed by atoms with Crippen molar-refractivity contribution < 1.29 is 14.6 Å². The Morgan fingerprint density at radius 1 is 1.44 bits per heavy atom. The summed E-state index contributed by atoms with van der Waals surface area (Å²) in [5.74, 6) is 1.40. The summed E-state index contributed by atoms with van der Waals surface area (Å²) in [5, 5.41) is 12.8. The number of likely N-dealkylation sites (N-methyl/N-ethyl adjacent to an activating group) is 1. The van der Waals surface area contributed by atoms with E-state index in [0.717, 1.165) is 10.0 Å². The molecular weight excluding hydrogens is 274 g/mol. The number of aliphatic hydroxyl groups is 1. The van der Waals surface area contributed by atoms with Gasteiger partial charge in [0.15, 0.2) is 11.5 Å². The van der Waals surface area contributed by atoms with Crippen molar-refractivity contribution in [3.63, 3.8) is 0 Å². The highest BCUT2D eigenvalue weighted by Gasteiger charge is 2.18. The van der Waals surface area contributed by atoms with Gasteiger partial charge in [-0.25, -0.2) is 0 Å². The lowest BCUT2D eigenvalue weighted by Crippen LogP contribution is -2.19. The van der Waals surface area contributed by atoms with E-state index in [1.165, 1.54) is 0 Å². The van der Waals surface area contributed by atoms with Crippen molar-refractivity contribution in [1.82, 2.24) is 5.32 Å². The van der Waals surface area contributed by atoms with Crippen LogP contribution in [0.5, 0.6) is 11.5 Å². The standard InChI is InChI=1S/C11H14BrNO3/c1-13-6-9(14)7-4-8(12)11-10(5-7)15-2-3-16-11/h4-5,9,13-14H,2-3,6H2,1H3. The van der Waals surface area contributed by atoms with Crippen LogP contribution in [0.4, 0.5) is 0 Å². The Morgan fingerprint density at radius 3 is 2.94 bits per heavy atom. The molecule has 0 saturated heterocycles. The monoisotopic (exact) mass is 287 g/mol. The summed E-state index contributed by atoms with van der Waals surface area (Å²) in [6.07, 6.45) is -0.544. The Hall–Kier alpha value is -0.780. The fraction of sp³-hybridized carbons (Fsp3) is 0.455. The van der Waals surface area contributed by atoms with Gasteiger partial charge in [-0.3, -0.25) is 0 Å². The topological polar surface area (TPSA) is 50.7 Å². The number of hydrogen-bond acceptors (Lipinski definition) is 4. The molecule has 1 aliphatic heterocycles. The molecule has 1 heterocycles. The van der Waals surface area contributed by atoms with E-state index in [1.54, 1.807) is 7.05 Å². The molecule has 1 aliphatic rings. The number of aliphatic hydroxyl groups excluding tert-OH is 1.